The van der Waals surface area contributed by atoms with Crippen molar-refractivity contribution in [1.82, 2.24) is 9.21 Å². The minimum Gasteiger partial charge on any atom is -0.496 e. The largest absolute Gasteiger partial charge is 0.496 e. The Kier molecular flexibility index (Phi) is 7.99. The molecule has 0 aliphatic carbocycles. The number of halogens is 1. The average Bonchev–Trinajstić information content (AvgIpc) is 3.29. The van der Waals surface area contributed by atoms with Crippen LogP contribution in [-0.4, -0.2) is 62.2 Å². The zero-order valence-corrected chi connectivity index (χ0v) is 20.4. The van der Waals surface area contributed by atoms with Gasteiger partial charge in [0.05, 0.1) is 17.6 Å². The predicted octanol–water partition coefficient (Wildman–Crippen LogP) is 3.62. The highest BCUT2D eigenvalue weighted by Gasteiger charge is 2.35. The number of anilines is 1. The van der Waals surface area contributed by atoms with Gasteiger partial charge in [0.15, 0.2) is 0 Å². The molecule has 1 atom stereocenters. The first kappa shape index (κ1) is 25.0. The van der Waals surface area contributed by atoms with Gasteiger partial charge in [-0.3, -0.25) is 9.59 Å². The molecule has 0 bridgehead atoms. The molecule has 33 heavy (non-hydrogen) atoms. The van der Waals surface area contributed by atoms with E-state index in [2.05, 4.69) is 5.32 Å². The summed E-state index contributed by atoms with van der Waals surface area (Å²) in [6.07, 6.45) is 1.21. The fourth-order valence-corrected chi connectivity index (χ4v) is 5.56. The third-order valence-electron chi connectivity index (χ3n) is 5.67. The number of ether oxygens (including phenoxy) is 1. The van der Waals surface area contributed by atoms with Crippen molar-refractivity contribution < 1.29 is 22.7 Å². The number of hydrogen-bond donors (Lipinski definition) is 1. The summed E-state index contributed by atoms with van der Waals surface area (Å²) < 4.78 is 31.9. The lowest BCUT2D eigenvalue weighted by molar-refractivity contribution is -0.119. The van der Waals surface area contributed by atoms with Gasteiger partial charge in [-0.05, 0) is 55.3 Å². The molecule has 2 aromatic rings. The maximum absolute atomic E-state index is 13.2. The average molecular weight is 494 g/mol. The van der Waals surface area contributed by atoms with E-state index >= 15 is 0 Å². The molecule has 10 heteroatoms. The van der Waals surface area contributed by atoms with Crippen LogP contribution in [0, 0.1) is 0 Å². The highest BCUT2D eigenvalue weighted by molar-refractivity contribution is 7.89. The maximum Gasteiger partial charge on any atom is 0.258 e. The fraction of sp³-hybridized carbons (Fsp3) is 0.391. The molecule has 1 fully saturated rings. The second kappa shape index (κ2) is 10.5. The Morgan fingerprint density at radius 1 is 1.15 bits per heavy atom. The van der Waals surface area contributed by atoms with Gasteiger partial charge in [-0.25, -0.2) is 8.42 Å². The lowest BCUT2D eigenvalue weighted by Crippen LogP contribution is -2.43. The second-order valence-corrected chi connectivity index (χ2v) is 9.98. The lowest BCUT2D eigenvalue weighted by Gasteiger charge is -2.25. The Labute approximate surface area is 199 Å². The van der Waals surface area contributed by atoms with E-state index in [9.17, 15) is 18.0 Å². The van der Waals surface area contributed by atoms with Gasteiger partial charge >= 0.3 is 0 Å². The van der Waals surface area contributed by atoms with Crippen molar-refractivity contribution in [3.63, 3.8) is 0 Å². The first-order chi connectivity index (χ1) is 15.7. The zero-order valence-electron chi connectivity index (χ0n) is 18.9. The van der Waals surface area contributed by atoms with Crippen molar-refractivity contribution in [3.8, 4) is 5.75 Å². The number of benzene rings is 2. The van der Waals surface area contributed by atoms with Gasteiger partial charge in [-0.2, -0.15) is 4.31 Å². The number of nitrogens with zero attached hydrogens (tertiary/aromatic N) is 2. The van der Waals surface area contributed by atoms with E-state index in [0.29, 0.717) is 54.5 Å². The van der Waals surface area contributed by atoms with Crippen molar-refractivity contribution in [1.29, 1.82) is 0 Å². The Bertz CT molecular complexity index is 1120. The van der Waals surface area contributed by atoms with E-state index in [4.69, 9.17) is 16.3 Å². The van der Waals surface area contributed by atoms with Crippen molar-refractivity contribution in [2.24, 2.45) is 0 Å². The molecule has 2 aromatic carbocycles. The predicted molar refractivity (Wildman–Crippen MR) is 127 cm³/mol. The van der Waals surface area contributed by atoms with Crippen LogP contribution in [-0.2, 0) is 14.8 Å². The number of amides is 2. The van der Waals surface area contributed by atoms with Crippen molar-refractivity contribution in [2.75, 3.05) is 32.1 Å². The van der Waals surface area contributed by atoms with Gasteiger partial charge < -0.3 is 15.0 Å². The monoisotopic (exact) mass is 493 g/mol. The molecule has 0 aromatic heterocycles. The standard InChI is InChI=1S/C23H28ClN3O5S/c1-4-26(5-2)33(30,31)18-11-9-17(10-12-18)25-22(28)20-7-6-14-27(20)23(29)19-15-16(24)8-13-21(19)32-3/h8-13,15,20H,4-7,14H2,1-3H3,(H,25,28). The number of carbonyl (C=O) groups excluding carboxylic acids is 2. The number of rotatable bonds is 8. The molecule has 1 unspecified atom stereocenters. The summed E-state index contributed by atoms with van der Waals surface area (Å²) in [7, 11) is -2.11. The maximum atomic E-state index is 13.2. The van der Waals surface area contributed by atoms with Crippen molar-refractivity contribution >= 4 is 39.1 Å². The Balaban J connectivity index is 1.75. The normalized spacial score (nSPS) is 16.2. The van der Waals surface area contributed by atoms with Crippen LogP contribution in [0.25, 0.3) is 0 Å². The van der Waals surface area contributed by atoms with Crippen LogP contribution >= 0.6 is 11.6 Å². The molecule has 0 radical (unpaired) electrons. The second-order valence-electron chi connectivity index (χ2n) is 7.60. The molecular weight excluding hydrogens is 466 g/mol. The van der Waals surface area contributed by atoms with Crippen LogP contribution in [0.4, 0.5) is 5.69 Å². The molecule has 0 spiro atoms. The van der Waals surface area contributed by atoms with E-state index in [-0.39, 0.29) is 16.7 Å². The number of hydrogen-bond acceptors (Lipinski definition) is 5. The van der Waals surface area contributed by atoms with Crippen LogP contribution in [0.1, 0.15) is 37.0 Å². The summed E-state index contributed by atoms with van der Waals surface area (Å²) in [4.78, 5) is 27.8. The van der Waals surface area contributed by atoms with Crippen molar-refractivity contribution in [3.05, 3.63) is 53.1 Å². The third kappa shape index (κ3) is 5.31. The van der Waals surface area contributed by atoms with Crippen LogP contribution < -0.4 is 10.1 Å². The van der Waals surface area contributed by atoms with Crippen LogP contribution in [0.15, 0.2) is 47.4 Å². The van der Waals surface area contributed by atoms with E-state index in [0.717, 1.165) is 0 Å². The lowest BCUT2D eigenvalue weighted by atomic mass is 10.1. The fourth-order valence-electron chi connectivity index (χ4n) is 3.93. The Morgan fingerprint density at radius 2 is 1.82 bits per heavy atom. The number of likely N-dealkylation sites (tertiary alicyclic amines) is 1. The molecule has 1 heterocycles. The molecule has 178 valence electrons. The molecule has 1 aliphatic rings. The van der Waals surface area contributed by atoms with Gasteiger partial charge in [0.1, 0.15) is 11.8 Å². The minimum absolute atomic E-state index is 0.162. The zero-order chi connectivity index (χ0) is 24.2. The highest BCUT2D eigenvalue weighted by atomic mass is 35.5. The molecule has 8 nitrogen and oxygen atoms in total. The smallest absolute Gasteiger partial charge is 0.258 e. The van der Waals surface area contributed by atoms with Gasteiger partial charge in [-0.1, -0.05) is 25.4 Å². The summed E-state index contributed by atoms with van der Waals surface area (Å²) in [6.45, 7) is 4.75. The van der Waals surface area contributed by atoms with E-state index < -0.39 is 16.1 Å². The highest BCUT2D eigenvalue weighted by Crippen LogP contribution is 2.28. The number of methoxy groups -OCH3 is 1. The summed E-state index contributed by atoms with van der Waals surface area (Å²) in [5.74, 6) is -0.269. The first-order valence-corrected chi connectivity index (χ1v) is 12.6. The summed E-state index contributed by atoms with van der Waals surface area (Å²) in [5.41, 5.74) is 0.758. The SMILES string of the molecule is CCN(CC)S(=O)(=O)c1ccc(NC(=O)C2CCCN2C(=O)c2cc(Cl)ccc2OC)cc1. The van der Waals surface area contributed by atoms with E-state index in [1.165, 1.54) is 34.5 Å². The van der Waals surface area contributed by atoms with Crippen LogP contribution in [0.2, 0.25) is 5.02 Å². The quantitative estimate of drug-likeness (QED) is 0.606. The molecule has 1 N–H and O–H groups in total. The van der Waals surface area contributed by atoms with Crippen LogP contribution in [0.5, 0.6) is 5.75 Å². The van der Waals surface area contributed by atoms with E-state index in [1.807, 2.05) is 0 Å². The molecule has 3 rings (SSSR count). The molecule has 1 aliphatic heterocycles. The van der Waals surface area contributed by atoms with Crippen LogP contribution in [0.3, 0.4) is 0 Å². The number of nitrogens with one attached hydrogen (secondary N) is 1. The summed E-state index contributed by atoms with van der Waals surface area (Å²) in [5, 5.41) is 3.20. The minimum atomic E-state index is -3.58. The van der Waals surface area contributed by atoms with Gasteiger partial charge in [0.2, 0.25) is 15.9 Å². The Morgan fingerprint density at radius 3 is 2.42 bits per heavy atom. The molecule has 2 amide bonds. The van der Waals surface area contributed by atoms with Gasteiger partial charge in [0, 0.05) is 30.3 Å². The molecular formula is C23H28ClN3O5S. The summed E-state index contributed by atoms with van der Waals surface area (Å²) >= 11 is 6.06. The van der Waals surface area contributed by atoms with Gasteiger partial charge in [-0.15, -0.1) is 0 Å². The number of carbonyl (C=O) groups is 2. The van der Waals surface area contributed by atoms with Crippen molar-refractivity contribution in [2.45, 2.75) is 37.6 Å². The summed E-state index contributed by atoms with van der Waals surface area (Å²) in [6, 6.07) is 10.2. The molecule has 0 saturated carbocycles. The van der Waals surface area contributed by atoms with Gasteiger partial charge in [0.25, 0.3) is 5.91 Å². The first-order valence-electron chi connectivity index (χ1n) is 10.8. The topological polar surface area (TPSA) is 96.0 Å². The number of sulfonamides is 1. The van der Waals surface area contributed by atoms with E-state index in [1.54, 1.807) is 38.1 Å². The third-order valence-corrected chi connectivity index (χ3v) is 7.97. The molecule has 1 saturated heterocycles. The Hall–Kier alpha value is -2.62.